The van der Waals surface area contributed by atoms with Crippen LogP contribution in [0.5, 0.6) is 0 Å². The minimum atomic E-state index is -0.146. The molecule has 3 aromatic carbocycles. The summed E-state index contributed by atoms with van der Waals surface area (Å²) in [7, 11) is 3.44. The van der Waals surface area contributed by atoms with E-state index in [-0.39, 0.29) is 11.8 Å². The van der Waals surface area contributed by atoms with E-state index in [1.807, 2.05) is 60.7 Å². The van der Waals surface area contributed by atoms with E-state index < -0.39 is 0 Å². The Morgan fingerprint density at radius 2 is 1.69 bits per heavy atom. The smallest absolute Gasteiger partial charge is 0.257 e. The van der Waals surface area contributed by atoms with Crippen LogP contribution < -0.4 is 5.32 Å². The van der Waals surface area contributed by atoms with Gasteiger partial charge in [0.2, 0.25) is 0 Å². The lowest BCUT2D eigenvalue weighted by molar-refractivity contribution is 0.0827. The van der Waals surface area contributed by atoms with Gasteiger partial charge in [-0.05, 0) is 41.5 Å². The minimum Gasteiger partial charge on any atom is -0.431 e. The first kappa shape index (κ1) is 21.6. The van der Waals surface area contributed by atoms with Crippen LogP contribution >= 0.6 is 11.8 Å². The molecule has 1 heterocycles. The second-order valence-electron chi connectivity index (χ2n) is 7.47. The fourth-order valence-electron chi connectivity index (χ4n) is 3.22. The van der Waals surface area contributed by atoms with E-state index in [0.29, 0.717) is 28.6 Å². The summed E-state index contributed by atoms with van der Waals surface area (Å²) in [5.74, 6) is 0.371. The average molecular weight is 446 g/mol. The highest BCUT2D eigenvalue weighted by atomic mass is 32.2. The Labute approximate surface area is 190 Å². The highest BCUT2D eigenvalue weighted by molar-refractivity contribution is 7.98. The van der Waals surface area contributed by atoms with Crippen molar-refractivity contribution in [2.24, 2.45) is 0 Å². The number of thioether (sulfide) groups is 1. The molecule has 0 saturated carbocycles. The van der Waals surface area contributed by atoms with Crippen LogP contribution in [0.25, 0.3) is 11.1 Å². The molecule has 0 saturated heterocycles. The lowest BCUT2D eigenvalue weighted by atomic mass is 10.1. The lowest BCUT2D eigenvalue weighted by Crippen LogP contribution is -2.24. The van der Waals surface area contributed by atoms with Gasteiger partial charge in [0.25, 0.3) is 17.0 Å². The van der Waals surface area contributed by atoms with Crippen LogP contribution in [-0.4, -0.2) is 35.8 Å². The Balaban J connectivity index is 1.39. The first-order valence-corrected chi connectivity index (χ1v) is 11.1. The van der Waals surface area contributed by atoms with E-state index in [9.17, 15) is 9.59 Å². The first-order valence-electron chi connectivity index (χ1n) is 10.2. The normalized spacial score (nSPS) is 10.8. The summed E-state index contributed by atoms with van der Waals surface area (Å²) in [4.78, 5) is 30.8. The van der Waals surface area contributed by atoms with E-state index in [0.717, 1.165) is 22.2 Å². The molecular formula is C25H23N3O3S. The summed E-state index contributed by atoms with van der Waals surface area (Å²) in [5.41, 5.74) is 4.64. The predicted octanol–water partition coefficient (Wildman–Crippen LogP) is 4.75. The maximum atomic E-state index is 12.8. The summed E-state index contributed by atoms with van der Waals surface area (Å²) in [6.45, 7) is 0.377. The fraction of sp³-hybridized carbons (Fsp3) is 0.160. The molecule has 0 spiro atoms. The third-order valence-corrected chi connectivity index (χ3v) is 5.82. The third-order valence-electron chi connectivity index (χ3n) is 4.95. The van der Waals surface area contributed by atoms with Crippen molar-refractivity contribution in [2.45, 2.75) is 17.5 Å². The van der Waals surface area contributed by atoms with Crippen molar-refractivity contribution in [2.75, 3.05) is 14.1 Å². The Bertz CT molecular complexity index is 1220. The molecule has 0 atom stereocenters. The molecule has 0 unspecified atom stereocenters. The number of amides is 2. The summed E-state index contributed by atoms with van der Waals surface area (Å²) in [6.07, 6.45) is 0. The van der Waals surface area contributed by atoms with Gasteiger partial charge in [-0.25, -0.2) is 4.98 Å². The molecule has 7 heteroatoms. The first-order chi connectivity index (χ1) is 15.5. The molecule has 6 nitrogen and oxygen atoms in total. The topological polar surface area (TPSA) is 75.4 Å². The van der Waals surface area contributed by atoms with Gasteiger partial charge in [-0.2, -0.15) is 0 Å². The van der Waals surface area contributed by atoms with Gasteiger partial charge in [-0.15, -0.1) is 0 Å². The monoisotopic (exact) mass is 445 g/mol. The van der Waals surface area contributed by atoms with Crippen LogP contribution in [0, 0.1) is 0 Å². The predicted molar refractivity (Wildman–Crippen MR) is 126 cm³/mol. The molecule has 162 valence electrons. The van der Waals surface area contributed by atoms with Gasteiger partial charge >= 0.3 is 0 Å². The van der Waals surface area contributed by atoms with E-state index in [1.165, 1.54) is 16.7 Å². The molecule has 4 aromatic rings. The Hall–Kier alpha value is -3.58. The van der Waals surface area contributed by atoms with E-state index in [1.54, 1.807) is 26.2 Å². The molecule has 0 fully saturated rings. The number of hydrogen-bond donors (Lipinski definition) is 1. The lowest BCUT2D eigenvalue weighted by Gasteiger charge is -2.11. The zero-order valence-corrected chi connectivity index (χ0v) is 18.7. The van der Waals surface area contributed by atoms with E-state index in [4.69, 9.17) is 4.42 Å². The van der Waals surface area contributed by atoms with Crippen LogP contribution in [0.4, 0.5) is 0 Å². The minimum absolute atomic E-state index is 0.0500. The number of hydrogen-bond acceptors (Lipinski definition) is 5. The van der Waals surface area contributed by atoms with Gasteiger partial charge in [-0.3, -0.25) is 9.59 Å². The van der Waals surface area contributed by atoms with Crippen LogP contribution in [0.15, 0.2) is 82.4 Å². The number of nitrogens with zero attached hydrogens (tertiary/aromatic N) is 2. The molecule has 0 aliphatic carbocycles. The number of carbonyl (C=O) groups is 2. The standard InChI is InChI=1S/C25H23N3O3S/c1-28(2)24(30)18-13-11-17(12-14-18)15-26-23(29)20-8-4-3-7-19(20)16-32-25-27-21-9-5-6-10-22(21)31-25/h3-14H,15-16H2,1-2H3,(H,26,29). The zero-order chi connectivity index (χ0) is 22.5. The summed E-state index contributed by atoms with van der Waals surface area (Å²) < 4.78 is 5.76. The zero-order valence-electron chi connectivity index (χ0n) is 17.9. The van der Waals surface area contributed by atoms with Crippen molar-refractivity contribution in [1.82, 2.24) is 15.2 Å². The van der Waals surface area contributed by atoms with Gasteiger partial charge in [0.1, 0.15) is 5.52 Å². The summed E-state index contributed by atoms with van der Waals surface area (Å²) >= 11 is 1.46. The number of para-hydroxylation sites is 2. The molecule has 4 rings (SSSR count). The van der Waals surface area contributed by atoms with Crippen LogP contribution in [-0.2, 0) is 12.3 Å². The maximum Gasteiger partial charge on any atom is 0.257 e. The third kappa shape index (κ3) is 5.00. The molecule has 1 aromatic heterocycles. The van der Waals surface area contributed by atoms with E-state index >= 15 is 0 Å². The Kier molecular flexibility index (Phi) is 6.56. The van der Waals surface area contributed by atoms with E-state index in [2.05, 4.69) is 10.3 Å². The number of oxazole rings is 1. The van der Waals surface area contributed by atoms with Crippen molar-refractivity contribution in [1.29, 1.82) is 0 Å². The Morgan fingerprint density at radius 3 is 2.44 bits per heavy atom. The van der Waals surface area contributed by atoms with Gasteiger partial charge in [0.15, 0.2) is 5.58 Å². The van der Waals surface area contributed by atoms with Gasteiger partial charge in [-0.1, -0.05) is 54.2 Å². The molecule has 2 amide bonds. The molecule has 0 aliphatic rings. The van der Waals surface area contributed by atoms with Gasteiger partial charge in [0.05, 0.1) is 0 Å². The van der Waals surface area contributed by atoms with Crippen molar-refractivity contribution in [3.63, 3.8) is 0 Å². The number of nitrogens with one attached hydrogen (secondary N) is 1. The van der Waals surface area contributed by atoms with Crippen molar-refractivity contribution in [3.05, 3.63) is 95.1 Å². The van der Waals surface area contributed by atoms with Crippen molar-refractivity contribution < 1.29 is 14.0 Å². The SMILES string of the molecule is CN(C)C(=O)c1ccc(CNC(=O)c2ccccc2CSc2nc3ccccc3o2)cc1. The van der Waals surface area contributed by atoms with Crippen LogP contribution in [0.2, 0.25) is 0 Å². The van der Waals surface area contributed by atoms with Gasteiger partial charge in [0, 0.05) is 37.5 Å². The number of benzene rings is 3. The number of aromatic nitrogens is 1. The van der Waals surface area contributed by atoms with Crippen molar-refractivity contribution in [3.8, 4) is 0 Å². The summed E-state index contributed by atoms with van der Waals surface area (Å²) in [6, 6.07) is 22.4. The molecular weight excluding hydrogens is 422 g/mol. The number of carbonyl (C=O) groups excluding carboxylic acids is 2. The molecule has 0 bridgehead atoms. The average Bonchev–Trinajstić information content (AvgIpc) is 3.24. The molecule has 1 N–H and O–H groups in total. The second kappa shape index (κ2) is 9.70. The number of rotatable bonds is 7. The largest absolute Gasteiger partial charge is 0.431 e. The second-order valence-corrected chi connectivity index (χ2v) is 8.40. The molecule has 32 heavy (non-hydrogen) atoms. The highest BCUT2D eigenvalue weighted by Crippen LogP contribution is 2.27. The van der Waals surface area contributed by atoms with Crippen LogP contribution in [0.1, 0.15) is 31.8 Å². The number of fused-ring (bicyclic) bond motifs is 1. The quantitative estimate of drug-likeness (QED) is 0.416. The molecule has 0 radical (unpaired) electrons. The van der Waals surface area contributed by atoms with Crippen LogP contribution in [0.3, 0.4) is 0 Å². The van der Waals surface area contributed by atoms with Gasteiger partial charge < -0.3 is 14.6 Å². The summed E-state index contributed by atoms with van der Waals surface area (Å²) in [5, 5.41) is 3.54. The van der Waals surface area contributed by atoms with Crippen molar-refractivity contribution >= 4 is 34.7 Å². The Morgan fingerprint density at radius 1 is 0.969 bits per heavy atom. The maximum absolute atomic E-state index is 12.8. The fourth-order valence-corrected chi connectivity index (χ4v) is 4.06. The highest BCUT2D eigenvalue weighted by Gasteiger charge is 2.13. The molecule has 0 aliphatic heterocycles.